The van der Waals surface area contributed by atoms with Crippen molar-refractivity contribution in [3.05, 3.63) is 64.4 Å². The summed E-state index contributed by atoms with van der Waals surface area (Å²) in [5, 5.41) is 13.1. The van der Waals surface area contributed by atoms with Crippen LogP contribution in [0.4, 0.5) is 10.1 Å². The predicted octanol–water partition coefficient (Wildman–Crippen LogP) is 4.07. The molecular weight excluding hydrogens is 399 g/mol. The average Bonchev–Trinajstić information content (AvgIpc) is 3.22. The molecule has 6 nitrogen and oxygen atoms in total. The molecule has 4 rings (SSSR count). The number of phenols is 1. The van der Waals surface area contributed by atoms with Crippen molar-refractivity contribution in [3.8, 4) is 5.75 Å². The molecule has 29 heavy (non-hydrogen) atoms. The highest BCUT2D eigenvalue weighted by atomic mass is 35.5. The second kappa shape index (κ2) is 8.23. The third-order valence-corrected chi connectivity index (χ3v) is 4.92. The van der Waals surface area contributed by atoms with Gasteiger partial charge in [0, 0.05) is 24.6 Å². The van der Waals surface area contributed by atoms with Gasteiger partial charge in [0.15, 0.2) is 0 Å². The van der Waals surface area contributed by atoms with Crippen molar-refractivity contribution in [2.75, 3.05) is 13.2 Å². The molecule has 1 fully saturated rings. The van der Waals surface area contributed by atoms with E-state index < -0.39 is 5.82 Å². The lowest BCUT2D eigenvalue weighted by Gasteiger charge is -2.11. The standard InChI is InChI=1S/C21H18ClFN2O4/c22-17-9-13(4-6-18(17)23)25-21-16(20(27)24-11-15-2-1-7-28-15)8-12-3-5-14(26)10-19(12)29-21/h3-6,8-10,15,26H,1-2,7,11H2,(H,24,27)/t15-/m0/s1. The van der Waals surface area contributed by atoms with Gasteiger partial charge in [0.1, 0.15) is 22.7 Å². The van der Waals surface area contributed by atoms with E-state index >= 15 is 0 Å². The summed E-state index contributed by atoms with van der Waals surface area (Å²) >= 11 is 5.83. The molecule has 0 spiro atoms. The Hall–Kier alpha value is -2.90. The van der Waals surface area contributed by atoms with Gasteiger partial charge in [-0.2, -0.15) is 0 Å². The molecule has 1 aliphatic heterocycles. The monoisotopic (exact) mass is 416 g/mol. The second-order valence-corrected chi connectivity index (χ2v) is 7.15. The zero-order valence-corrected chi connectivity index (χ0v) is 16.1. The molecular formula is C21H18ClFN2O4. The van der Waals surface area contributed by atoms with Crippen LogP contribution in [0.2, 0.25) is 5.02 Å². The van der Waals surface area contributed by atoms with Crippen LogP contribution < -0.4 is 10.9 Å². The molecule has 1 saturated heterocycles. The Morgan fingerprint density at radius 2 is 2.14 bits per heavy atom. The van der Waals surface area contributed by atoms with Crippen molar-refractivity contribution in [2.45, 2.75) is 18.9 Å². The zero-order chi connectivity index (χ0) is 20.4. The lowest BCUT2D eigenvalue weighted by Crippen LogP contribution is -2.34. The molecule has 1 atom stereocenters. The van der Waals surface area contributed by atoms with E-state index in [4.69, 9.17) is 20.8 Å². The molecule has 2 heterocycles. The molecule has 0 saturated carbocycles. The topological polar surface area (TPSA) is 84.1 Å². The van der Waals surface area contributed by atoms with Crippen molar-refractivity contribution >= 4 is 34.2 Å². The number of carbonyl (C=O) groups excluding carboxylic acids is 1. The molecule has 0 aliphatic carbocycles. The van der Waals surface area contributed by atoms with E-state index in [-0.39, 0.29) is 33.9 Å². The van der Waals surface area contributed by atoms with Crippen LogP contribution in [-0.2, 0) is 4.74 Å². The van der Waals surface area contributed by atoms with Gasteiger partial charge in [0.25, 0.3) is 5.91 Å². The summed E-state index contributed by atoms with van der Waals surface area (Å²) in [6, 6.07) is 10.2. The van der Waals surface area contributed by atoms with E-state index in [0.29, 0.717) is 29.8 Å². The fourth-order valence-electron chi connectivity index (χ4n) is 3.13. The Kier molecular flexibility index (Phi) is 5.51. The summed E-state index contributed by atoms with van der Waals surface area (Å²) in [5.74, 6) is -0.917. The summed E-state index contributed by atoms with van der Waals surface area (Å²) in [4.78, 5) is 17.2. The first-order chi connectivity index (χ1) is 14.0. The highest BCUT2D eigenvalue weighted by Gasteiger charge is 2.18. The molecule has 1 aliphatic rings. The van der Waals surface area contributed by atoms with Crippen LogP contribution in [0.15, 0.2) is 51.9 Å². The Bertz CT molecular complexity index is 1140. The number of phenolic OH excluding ortho intramolecular Hbond substituents is 1. The number of aromatic hydroxyl groups is 1. The SMILES string of the molecule is O=C(NC[C@@H]1CCCO1)c1cc2ccc(O)cc2oc1=Nc1ccc(F)c(Cl)c1. The van der Waals surface area contributed by atoms with Crippen molar-refractivity contribution < 1.29 is 23.4 Å². The van der Waals surface area contributed by atoms with Gasteiger partial charge in [-0.25, -0.2) is 9.38 Å². The number of nitrogens with one attached hydrogen (secondary N) is 1. The number of hydrogen-bond acceptors (Lipinski definition) is 5. The van der Waals surface area contributed by atoms with E-state index in [1.165, 1.54) is 30.3 Å². The fourth-order valence-corrected chi connectivity index (χ4v) is 3.31. The van der Waals surface area contributed by atoms with Crippen LogP contribution in [0, 0.1) is 5.82 Å². The van der Waals surface area contributed by atoms with E-state index in [1.54, 1.807) is 12.1 Å². The van der Waals surface area contributed by atoms with Crippen molar-refractivity contribution in [1.29, 1.82) is 0 Å². The van der Waals surface area contributed by atoms with Gasteiger partial charge in [0.2, 0.25) is 5.55 Å². The van der Waals surface area contributed by atoms with Gasteiger partial charge in [0.05, 0.1) is 16.8 Å². The molecule has 0 bridgehead atoms. The van der Waals surface area contributed by atoms with Crippen molar-refractivity contribution in [3.63, 3.8) is 0 Å². The summed E-state index contributed by atoms with van der Waals surface area (Å²) in [6.45, 7) is 1.08. The quantitative estimate of drug-likeness (QED) is 0.671. The van der Waals surface area contributed by atoms with E-state index in [9.17, 15) is 14.3 Å². The number of halogens is 2. The number of fused-ring (bicyclic) bond motifs is 1. The highest BCUT2D eigenvalue weighted by Crippen LogP contribution is 2.23. The van der Waals surface area contributed by atoms with Crippen LogP contribution in [0.25, 0.3) is 11.0 Å². The Morgan fingerprint density at radius 3 is 2.90 bits per heavy atom. The Morgan fingerprint density at radius 1 is 1.28 bits per heavy atom. The van der Waals surface area contributed by atoms with E-state index in [2.05, 4.69) is 10.3 Å². The lowest BCUT2D eigenvalue weighted by molar-refractivity contribution is 0.0854. The first-order valence-electron chi connectivity index (χ1n) is 9.16. The van der Waals surface area contributed by atoms with Gasteiger partial charge < -0.3 is 19.6 Å². The number of benzene rings is 2. The zero-order valence-electron chi connectivity index (χ0n) is 15.3. The van der Waals surface area contributed by atoms with Gasteiger partial charge in [-0.05, 0) is 49.2 Å². The fraction of sp³-hybridized carbons (Fsp3) is 0.238. The summed E-state index contributed by atoms with van der Waals surface area (Å²) in [6.07, 6.45) is 1.86. The maximum Gasteiger partial charge on any atom is 0.256 e. The molecule has 1 amide bonds. The molecule has 3 aromatic rings. The van der Waals surface area contributed by atoms with Crippen LogP contribution >= 0.6 is 11.6 Å². The first kappa shape index (κ1) is 19.4. The lowest BCUT2D eigenvalue weighted by atomic mass is 10.1. The normalized spacial score (nSPS) is 17.0. The molecule has 8 heteroatoms. The molecule has 150 valence electrons. The smallest absolute Gasteiger partial charge is 0.256 e. The van der Waals surface area contributed by atoms with E-state index in [0.717, 1.165) is 12.8 Å². The molecule has 1 aromatic heterocycles. The number of hydrogen-bond donors (Lipinski definition) is 2. The average molecular weight is 417 g/mol. The Labute approximate surface area is 170 Å². The summed E-state index contributed by atoms with van der Waals surface area (Å²) < 4.78 is 24.8. The van der Waals surface area contributed by atoms with Gasteiger partial charge in [-0.1, -0.05) is 11.6 Å². The van der Waals surface area contributed by atoms with Gasteiger partial charge >= 0.3 is 0 Å². The minimum Gasteiger partial charge on any atom is -0.508 e. The van der Waals surface area contributed by atoms with Crippen molar-refractivity contribution in [2.24, 2.45) is 4.99 Å². The molecule has 2 aromatic carbocycles. The van der Waals surface area contributed by atoms with Crippen LogP contribution in [0.5, 0.6) is 5.75 Å². The predicted molar refractivity (Wildman–Crippen MR) is 106 cm³/mol. The number of carbonyl (C=O) groups is 1. The number of amides is 1. The summed E-state index contributed by atoms with van der Waals surface area (Å²) in [5.41, 5.74) is 0.915. The number of ether oxygens (including phenoxy) is 1. The second-order valence-electron chi connectivity index (χ2n) is 6.74. The first-order valence-corrected chi connectivity index (χ1v) is 9.54. The van der Waals surface area contributed by atoms with Gasteiger partial charge in [-0.15, -0.1) is 0 Å². The highest BCUT2D eigenvalue weighted by molar-refractivity contribution is 6.31. The molecule has 0 unspecified atom stereocenters. The van der Waals surface area contributed by atoms with Gasteiger partial charge in [-0.3, -0.25) is 4.79 Å². The molecule has 0 radical (unpaired) electrons. The maximum absolute atomic E-state index is 13.4. The van der Waals surface area contributed by atoms with Crippen molar-refractivity contribution in [1.82, 2.24) is 5.32 Å². The summed E-state index contributed by atoms with van der Waals surface area (Å²) in [7, 11) is 0. The van der Waals surface area contributed by atoms with Crippen LogP contribution in [0.1, 0.15) is 23.2 Å². The minimum absolute atomic E-state index is 0.00964. The third-order valence-electron chi connectivity index (χ3n) is 4.63. The van der Waals surface area contributed by atoms with Crippen LogP contribution in [0.3, 0.4) is 0 Å². The Balaban J connectivity index is 1.76. The number of nitrogens with zero attached hydrogens (tertiary/aromatic N) is 1. The maximum atomic E-state index is 13.4. The minimum atomic E-state index is -0.569. The number of rotatable bonds is 4. The third kappa shape index (κ3) is 4.41. The van der Waals surface area contributed by atoms with E-state index in [1.807, 2.05) is 0 Å². The van der Waals surface area contributed by atoms with Crippen LogP contribution in [-0.4, -0.2) is 30.3 Å². The largest absolute Gasteiger partial charge is 0.508 e. The molecule has 2 N–H and O–H groups in total.